The van der Waals surface area contributed by atoms with E-state index in [2.05, 4.69) is 5.32 Å². The molecule has 1 amide bonds. The summed E-state index contributed by atoms with van der Waals surface area (Å²) in [5.41, 5.74) is 2.57. The second-order valence-electron chi connectivity index (χ2n) is 8.30. The maximum absolute atomic E-state index is 12.0. The summed E-state index contributed by atoms with van der Waals surface area (Å²) in [6, 6.07) is 5.81. The van der Waals surface area contributed by atoms with Gasteiger partial charge in [0, 0.05) is 12.1 Å². The van der Waals surface area contributed by atoms with E-state index in [4.69, 9.17) is 26.1 Å². The van der Waals surface area contributed by atoms with Crippen molar-refractivity contribution in [3.8, 4) is 16.3 Å². The monoisotopic (exact) mass is 448 g/mol. The number of aromatic nitrogens is 1. The summed E-state index contributed by atoms with van der Waals surface area (Å²) in [6.07, 6.45) is 9.52. The van der Waals surface area contributed by atoms with E-state index in [0.29, 0.717) is 17.0 Å². The topological polar surface area (TPSA) is 60.5 Å². The number of nitrogens with one attached hydrogen (secondary N) is 1. The molecule has 0 aromatic carbocycles. The highest BCUT2D eigenvalue weighted by atomic mass is 35.5. The number of rotatable bonds is 8. The van der Waals surface area contributed by atoms with Crippen molar-refractivity contribution in [1.29, 1.82) is 0 Å². The molecular formula is C23H29ClN2O3S. The quantitative estimate of drug-likeness (QED) is 0.500. The molecule has 2 saturated carbocycles. The van der Waals surface area contributed by atoms with E-state index < -0.39 is 0 Å². The lowest BCUT2D eigenvalue weighted by molar-refractivity contribution is 0.139. The van der Waals surface area contributed by atoms with Crippen LogP contribution in [0.5, 0.6) is 5.75 Å². The number of carbonyl (C=O) groups excluding carboxylic acids is 1. The molecule has 0 spiro atoms. The van der Waals surface area contributed by atoms with E-state index >= 15 is 0 Å². The van der Waals surface area contributed by atoms with Gasteiger partial charge in [0.05, 0.1) is 26.7 Å². The number of thiophene rings is 1. The Bertz CT molecular complexity index is 875. The largest absolute Gasteiger partial charge is 0.489 e. The van der Waals surface area contributed by atoms with Crippen molar-refractivity contribution in [3.63, 3.8) is 0 Å². The lowest BCUT2D eigenvalue weighted by Gasteiger charge is -2.23. The molecule has 2 heterocycles. The molecule has 0 saturated heterocycles. The molecule has 2 aliphatic carbocycles. The second kappa shape index (κ2) is 10.0. The first kappa shape index (κ1) is 21.4. The first-order chi connectivity index (χ1) is 14.6. The maximum Gasteiger partial charge on any atom is 0.407 e. The van der Waals surface area contributed by atoms with Gasteiger partial charge in [-0.25, -0.2) is 9.78 Å². The third kappa shape index (κ3) is 5.88. The minimum Gasteiger partial charge on any atom is -0.489 e. The number of halogens is 1. The lowest BCUT2D eigenvalue weighted by Crippen LogP contribution is -2.25. The van der Waals surface area contributed by atoms with Gasteiger partial charge in [-0.2, -0.15) is 0 Å². The first-order valence-corrected chi connectivity index (χ1v) is 12.1. The Kier molecular flexibility index (Phi) is 7.16. The summed E-state index contributed by atoms with van der Waals surface area (Å²) in [7, 11) is 0. The smallest absolute Gasteiger partial charge is 0.407 e. The molecule has 30 heavy (non-hydrogen) atoms. The minimum atomic E-state index is -0.385. The van der Waals surface area contributed by atoms with E-state index in [9.17, 15) is 4.79 Å². The number of nitrogens with zero attached hydrogens (tertiary/aromatic N) is 1. The number of pyridine rings is 1. The van der Waals surface area contributed by atoms with Gasteiger partial charge in [0.25, 0.3) is 0 Å². The van der Waals surface area contributed by atoms with Gasteiger partial charge in [0.2, 0.25) is 0 Å². The van der Waals surface area contributed by atoms with Crippen LogP contribution in [0.2, 0.25) is 4.34 Å². The Labute approximate surface area is 187 Å². The molecule has 162 valence electrons. The van der Waals surface area contributed by atoms with Gasteiger partial charge in [-0.05, 0) is 63.1 Å². The highest BCUT2D eigenvalue weighted by Gasteiger charge is 2.21. The van der Waals surface area contributed by atoms with Gasteiger partial charge >= 0.3 is 6.09 Å². The molecule has 2 aliphatic rings. The van der Waals surface area contributed by atoms with Crippen LogP contribution in [-0.2, 0) is 11.3 Å². The Balaban J connectivity index is 1.38. The van der Waals surface area contributed by atoms with Gasteiger partial charge in [-0.15, -0.1) is 11.3 Å². The number of hydrogen-bond acceptors (Lipinski definition) is 5. The van der Waals surface area contributed by atoms with Crippen molar-refractivity contribution in [2.75, 3.05) is 6.54 Å². The highest BCUT2D eigenvalue weighted by molar-refractivity contribution is 7.19. The molecule has 2 aromatic rings. The van der Waals surface area contributed by atoms with E-state index in [1.165, 1.54) is 43.4 Å². The third-order valence-corrected chi connectivity index (χ3v) is 7.10. The predicted molar refractivity (Wildman–Crippen MR) is 120 cm³/mol. The van der Waals surface area contributed by atoms with Crippen LogP contribution >= 0.6 is 22.9 Å². The van der Waals surface area contributed by atoms with E-state index in [0.717, 1.165) is 52.8 Å². The number of aryl methyl sites for hydroxylation is 1. The summed E-state index contributed by atoms with van der Waals surface area (Å²) in [6.45, 7) is 2.82. The molecule has 0 atom stereocenters. The summed E-state index contributed by atoms with van der Waals surface area (Å²) < 4.78 is 12.2. The van der Waals surface area contributed by atoms with Gasteiger partial charge in [-0.1, -0.05) is 30.9 Å². The second-order valence-corrected chi connectivity index (χ2v) is 9.98. The fourth-order valence-electron chi connectivity index (χ4n) is 3.86. The van der Waals surface area contributed by atoms with Gasteiger partial charge < -0.3 is 14.8 Å². The summed E-state index contributed by atoms with van der Waals surface area (Å²) in [5.74, 6) is 1.63. The molecule has 0 bridgehead atoms. The van der Waals surface area contributed by atoms with Crippen LogP contribution in [0.25, 0.3) is 10.6 Å². The molecular weight excluding hydrogens is 420 g/mol. The van der Waals surface area contributed by atoms with Crippen LogP contribution in [0.15, 0.2) is 18.2 Å². The zero-order chi connectivity index (χ0) is 20.9. The van der Waals surface area contributed by atoms with Crippen molar-refractivity contribution < 1.29 is 14.3 Å². The maximum atomic E-state index is 12.0. The minimum absolute atomic E-state index is 0.175. The van der Waals surface area contributed by atoms with Crippen molar-refractivity contribution >= 4 is 29.0 Å². The summed E-state index contributed by atoms with van der Waals surface area (Å²) >= 11 is 7.72. The first-order valence-electron chi connectivity index (χ1n) is 10.9. The molecule has 1 N–H and O–H groups in total. The molecule has 2 fully saturated rings. The van der Waals surface area contributed by atoms with Crippen LogP contribution in [-0.4, -0.2) is 23.7 Å². The number of carbonyl (C=O) groups is 1. The number of amides is 1. The SMILES string of the molecule is Cc1nc(-c2sc(Cl)cc2COC(=O)NCCC2CC2)ccc1OC1CCCCC1. The third-order valence-electron chi connectivity index (χ3n) is 5.77. The van der Waals surface area contributed by atoms with Crippen molar-refractivity contribution in [2.45, 2.75) is 71.0 Å². The van der Waals surface area contributed by atoms with Crippen LogP contribution in [0.4, 0.5) is 4.79 Å². The Morgan fingerprint density at radius 3 is 2.77 bits per heavy atom. The number of alkyl carbamates (subject to hydrolysis) is 1. The standard InChI is InChI=1S/C23H29ClN2O3S/c1-15-20(29-18-5-3-2-4-6-18)10-9-19(26-15)22-17(13-21(24)30-22)14-28-23(27)25-12-11-16-7-8-16/h9-10,13,16,18H,2-8,11-12,14H2,1H3,(H,25,27). The average Bonchev–Trinajstić information content (AvgIpc) is 3.49. The van der Waals surface area contributed by atoms with Crippen molar-refractivity contribution in [2.24, 2.45) is 5.92 Å². The fraction of sp³-hybridized carbons (Fsp3) is 0.565. The molecule has 4 rings (SSSR count). The van der Waals surface area contributed by atoms with Crippen molar-refractivity contribution in [1.82, 2.24) is 10.3 Å². The van der Waals surface area contributed by atoms with Crippen LogP contribution < -0.4 is 10.1 Å². The molecule has 0 aliphatic heterocycles. The molecule has 7 heteroatoms. The van der Waals surface area contributed by atoms with E-state index in [-0.39, 0.29) is 12.7 Å². The van der Waals surface area contributed by atoms with Crippen LogP contribution in [0.1, 0.15) is 62.6 Å². The zero-order valence-corrected chi connectivity index (χ0v) is 19.0. The molecule has 2 aromatic heterocycles. The molecule has 0 radical (unpaired) electrons. The van der Waals surface area contributed by atoms with Crippen LogP contribution in [0.3, 0.4) is 0 Å². The predicted octanol–water partition coefficient (Wildman–Crippen LogP) is 6.51. The zero-order valence-electron chi connectivity index (χ0n) is 17.4. The number of hydrogen-bond donors (Lipinski definition) is 1. The highest BCUT2D eigenvalue weighted by Crippen LogP contribution is 2.36. The summed E-state index contributed by atoms with van der Waals surface area (Å²) in [4.78, 5) is 17.7. The fourth-order valence-corrected chi connectivity index (χ4v) is 5.09. The molecule has 0 unspecified atom stereocenters. The normalized spacial score (nSPS) is 17.0. The van der Waals surface area contributed by atoms with Gasteiger partial charge in [-0.3, -0.25) is 0 Å². The van der Waals surface area contributed by atoms with Gasteiger partial charge in [0.15, 0.2) is 0 Å². The van der Waals surface area contributed by atoms with Crippen molar-refractivity contribution in [3.05, 3.63) is 33.8 Å². The van der Waals surface area contributed by atoms with E-state index in [1.54, 1.807) is 0 Å². The Morgan fingerprint density at radius 1 is 1.23 bits per heavy atom. The Morgan fingerprint density at radius 2 is 2.03 bits per heavy atom. The average molecular weight is 449 g/mol. The Hall–Kier alpha value is -1.79. The number of ether oxygens (including phenoxy) is 2. The van der Waals surface area contributed by atoms with E-state index in [1.807, 2.05) is 25.1 Å². The summed E-state index contributed by atoms with van der Waals surface area (Å²) in [5, 5.41) is 2.82. The van der Waals surface area contributed by atoms with Crippen LogP contribution in [0, 0.1) is 12.8 Å². The van der Waals surface area contributed by atoms with Gasteiger partial charge in [0.1, 0.15) is 12.4 Å². The lowest BCUT2D eigenvalue weighted by atomic mass is 9.98. The molecule has 5 nitrogen and oxygen atoms in total.